The molecule has 0 atom stereocenters. The van der Waals surface area contributed by atoms with Gasteiger partial charge in [-0.2, -0.15) is 0 Å². The van der Waals surface area contributed by atoms with Crippen molar-refractivity contribution in [1.82, 2.24) is 4.98 Å². The van der Waals surface area contributed by atoms with Crippen molar-refractivity contribution >= 4 is 24.9 Å². The predicted octanol–water partition coefficient (Wildman–Crippen LogP) is 3.75. The van der Waals surface area contributed by atoms with E-state index in [0.29, 0.717) is 0 Å². The molecule has 1 heterocycles. The van der Waals surface area contributed by atoms with Crippen molar-refractivity contribution in [1.29, 1.82) is 5.26 Å². The second-order valence-corrected chi connectivity index (χ2v) is 7.10. The van der Waals surface area contributed by atoms with Gasteiger partial charge in [-0.15, -0.1) is 0 Å². The van der Waals surface area contributed by atoms with Crippen LogP contribution >= 0.6 is 0 Å². The van der Waals surface area contributed by atoms with Crippen molar-refractivity contribution in [3.8, 4) is 17.3 Å². The van der Waals surface area contributed by atoms with Gasteiger partial charge < -0.3 is 0 Å². The molecule has 0 fully saturated rings. The molecule has 0 aliphatic heterocycles. The second-order valence-electron chi connectivity index (χ2n) is 5.05. The second kappa shape index (κ2) is 6.19. The number of anilines is 2. The summed E-state index contributed by atoms with van der Waals surface area (Å²) in [5.74, 6) is 0. The summed E-state index contributed by atoms with van der Waals surface area (Å²) in [5, 5.41) is 9.44. The Labute approximate surface area is 136 Å². The summed E-state index contributed by atoms with van der Waals surface area (Å²) >= 11 is -0.0560. The molecular formula is C18H15N3Se. The molecular weight excluding hydrogens is 337 g/mol. The third kappa shape index (κ3) is 2.82. The first-order valence-electron chi connectivity index (χ1n) is 6.96. The maximum absolute atomic E-state index is 9.44. The quantitative estimate of drug-likeness (QED) is 0.674. The fourth-order valence-electron chi connectivity index (χ4n) is 2.20. The van der Waals surface area contributed by atoms with Crippen molar-refractivity contribution in [2.75, 3.05) is 11.9 Å². The summed E-state index contributed by atoms with van der Waals surface area (Å²) in [7, 11) is 2.00. The van der Waals surface area contributed by atoms with Crippen molar-refractivity contribution in [2.45, 2.75) is 6.92 Å². The average molecular weight is 352 g/mol. The summed E-state index contributed by atoms with van der Waals surface area (Å²) in [6.45, 7) is 2.06. The van der Waals surface area contributed by atoms with Gasteiger partial charge in [0.25, 0.3) is 0 Å². The molecule has 4 heteroatoms. The van der Waals surface area contributed by atoms with Gasteiger partial charge >= 0.3 is 136 Å². The Kier molecular flexibility index (Phi) is 4.11. The molecule has 1 aromatic heterocycles. The van der Waals surface area contributed by atoms with Crippen LogP contribution in [0.4, 0.5) is 10.4 Å². The SMILES string of the molecule is Cc1ccc(-c2nc(N(C)c3ccccc3)[se]c2C#N)cc1. The molecule has 0 aliphatic rings. The Morgan fingerprint density at radius 2 is 1.73 bits per heavy atom. The van der Waals surface area contributed by atoms with Gasteiger partial charge in [0.2, 0.25) is 0 Å². The van der Waals surface area contributed by atoms with E-state index in [9.17, 15) is 5.26 Å². The molecule has 3 rings (SSSR count). The van der Waals surface area contributed by atoms with Crippen LogP contribution < -0.4 is 4.90 Å². The zero-order valence-corrected chi connectivity index (χ0v) is 14.2. The van der Waals surface area contributed by atoms with Crippen LogP contribution in [0.15, 0.2) is 54.6 Å². The first-order valence-corrected chi connectivity index (χ1v) is 8.67. The van der Waals surface area contributed by atoms with Crippen LogP contribution in [0.3, 0.4) is 0 Å². The normalized spacial score (nSPS) is 10.2. The van der Waals surface area contributed by atoms with E-state index in [4.69, 9.17) is 4.98 Å². The molecule has 0 saturated carbocycles. The molecule has 0 radical (unpaired) electrons. The molecule has 0 bridgehead atoms. The van der Waals surface area contributed by atoms with Gasteiger partial charge in [0.1, 0.15) is 0 Å². The summed E-state index contributed by atoms with van der Waals surface area (Å²) in [4.78, 5) is 6.81. The number of rotatable bonds is 3. The van der Waals surface area contributed by atoms with Gasteiger partial charge in [0, 0.05) is 0 Å². The van der Waals surface area contributed by atoms with E-state index in [-0.39, 0.29) is 14.5 Å². The molecule has 0 aliphatic carbocycles. The Hall–Kier alpha value is -2.34. The number of benzene rings is 2. The number of aromatic nitrogens is 1. The summed E-state index contributed by atoms with van der Waals surface area (Å²) in [6.07, 6.45) is 0. The first-order chi connectivity index (χ1) is 10.7. The topological polar surface area (TPSA) is 39.9 Å². The number of nitriles is 1. The third-order valence-corrected chi connectivity index (χ3v) is 5.65. The van der Waals surface area contributed by atoms with Crippen LogP contribution in [0.2, 0.25) is 0 Å². The molecule has 3 nitrogen and oxygen atoms in total. The van der Waals surface area contributed by atoms with Crippen LogP contribution in [0.25, 0.3) is 11.3 Å². The molecule has 108 valence electrons. The summed E-state index contributed by atoms with van der Waals surface area (Å²) in [6, 6.07) is 20.6. The van der Waals surface area contributed by atoms with E-state index >= 15 is 0 Å². The van der Waals surface area contributed by atoms with E-state index in [1.165, 1.54) is 5.56 Å². The van der Waals surface area contributed by atoms with Crippen LogP contribution in [-0.4, -0.2) is 26.5 Å². The van der Waals surface area contributed by atoms with Crippen molar-refractivity contribution < 1.29 is 0 Å². The molecule has 0 amide bonds. The third-order valence-electron chi connectivity index (χ3n) is 3.47. The Morgan fingerprint density at radius 1 is 1.05 bits per heavy atom. The fourth-order valence-corrected chi connectivity index (χ4v) is 4.02. The maximum atomic E-state index is 9.44. The summed E-state index contributed by atoms with van der Waals surface area (Å²) in [5.41, 5.74) is 4.13. The van der Waals surface area contributed by atoms with E-state index < -0.39 is 0 Å². The molecule has 3 aromatic rings. The van der Waals surface area contributed by atoms with Gasteiger partial charge in [0.15, 0.2) is 0 Å². The van der Waals surface area contributed by atoms with Gasteiger partial charge in [-0.1, -0.05) is 0 Å². The number of hydrogen-bond acceptors (Lipinski definition) is 3. The van der Waals surface area contributed by atoms with Gasteiger partial charge in [0.05, 0.1) is 0 Å². The van der Waals surface area contributed by atoms with Crippen molar-refractivity contribution in [3.63, 3.8) is 0 Å². The number of nitrogens with zero attached hydrogens (tertiary/aromatic N) is 3. The van der Waals surface area contributed by atoms with E-state index in [2.05, 4.69) is 42.2 Å². The van der Waals surface area contributed by atoms with Crippen molar-refractivity contribution in [3.05, 3.63) is 64.6 Å². The standard InChI is InChI=1S/C18H15N3Se/c1-13-8-10-14(11-9-13)17-16(12-19)22-18(20-17)21(2)15-6-4-3-5-7-15/h3-11H,1-2H3. The number of hydrogen-bond donors (Lipinski definition) is 0. The average Bonchev–Trinajstić information content (AvgIpc) is 3.00. The zero-order chi connectivity index (χ0) is 15.5. The molecule has 0 spiro atoms. The number of aryl methyl sites for hydroxylation is 1. The molecule has 22 heavy (non-hydrogen) atoms. The Morgan fingerprint density at radius 3 is 2.36 bits per heavy atom. The van der Waals surface area contributed by atoms with Gasteiger partial charge in [-0.3, -0.25) is 0 Å². The van der Waals surface area contributed by atoms with E-state index in [0.717, 1.165) is 26.1 Å². The Bertz CT molecular complexity index is 814. The minimum atomic E-state index is -0.0560. The van der Waals surface area contributed by atoms with E-state index in [1.807, 2.05) is 37.4 Å². The first kappa shape index (κ1) is 14.6. The minimum absolute atomic E-state index is 0.0560. The van der Waals surface area contributed by atoms with Crippen molar-refractivity contribution in [2.24, 2.45) is 0 Å². The zero-order valence-electron chi connectivity index (χ0n) is 12.4. The van der Waals surface area contributed by atoms with Gasteiger partial charge in [-0.05, 0) is 0 Å². The molecule has 2 aromatic carbocycles. The van der Waals surface area contributed by atoms with Gasteiger partial charge in [-0.25, -0.2) is 0 Å². The van der Waals surface area contributed by atoms with Crippen LogP contribution in [-0.2, 0) is 0 Å². The molecule has 0 unspecified atom stereocenters. The number of para-hydroxylation sites is 1. The fraction of sp³-hybridized carbons (Fsp3) is 0.111. The molecule has 0 N–H and O–H groups in total. The Balaban J connectivity index is 2.02. The predicted molar refractivity (Wildman–Crippen MR) is 90.6 cm³/mol. The van der Waals surface area contributed by atoms with Crippen LogP contribution in [0.1, 0.15) is 10.0 Å². The molecule has 0 saturated heterocycles. The van der Waals surface area contributed by atoms with Crippen LogP contribution in [0.5, 0.6) is 0 Å². The van der Waals surface area contributed by atoms with E-state index in [1.54, 1.807) is 0 Å². The van der Waals surface area contributed by atoms with Crippen LogP contribution in [0, 0.1) is 18.3 Å². The monoisotopic (exact) mass is 353 g/mol. The summed E-state index contributed by atoms with van der Waals surface area (Å²) < 4.78 is 1.75.